The highest BCUT2D eigenvalue weighted by Gasteiger charge is 2.51. The van der Waals surface area contributed by atoms with E-state index in [0.717, 1.165) is 33.5 Å². The third kappa shape index (κ3) is 5.17. The topological polar surface area (TPSA) is 43.6 Å². The molecule has 6 heteroatoms. The number of rotatable bonds is 5. The first-order valence-corrected chi connectivity index (χ1v) is 21.4. The van der Waals surface area contributed by atoms with Gasteiger partial charge in [-0.25, -0.2) is 23.7 Å². The number of halogens is 2. The maximum Gasteiger partial charge on any atom is 0.167 e. The van der Waals surface area contributed by atoms with Crippen LogP contribution in [0.25, 0.3) is 95.0 Å². The van der Waals surface area contributed by atoms with Crippen LogP contribution in [0.2, 0.25) is 0 Å². The summed E-state index contributed by atoms with van der Waals surface area (Å²) in [5.41, 5.74) is 15.5. The molecule has 9 aromatic carbocycles. The van der Waals surface area contributed by atoms with Gasteiger partial charge in [0.2, 0.25) is 0 Å². The molecule has 0 fully saturated rings. The molecule has 0 bridgehead atoms. The number of hydrogen-bond donors (Lipinski definition) is 0. The van der Waals surface area contributed by atoms with Crippen molar-refractivity contribution in [3.63, 3.8) is 0 Å². The van der Waals surface area contributed by atoms with E-state index in [1.807, 2.05) is 6.07 Å². The summed E-state index contributed by atoms with van der Waals surface area (Å²) < 4.78 is 33.2. The van der Waals surface area contributed by atoms with Gasteiger partial charge in [-0.1, -0.05) is 146 Å². The highest BCUT2D eigenvalue weighted by atomic mass is 19.1. The molecule has 11 aromatic rings. The van der Waals surface area contributed by atoms with E-state index in [2.05, 4.69) is 161 Å². The highest BCUT2D eigenvalue weighted by Crippen LogP contribution is 2.63. The van der Waals surface area contributed by atoms with Crippen LogP contribution in [0.5, 0.6) is 0 Å². The van der Waals surface area contributed by atoms with Gasteiger partial charge in [0.05, 0.1) is 27.6 Å². The molecule has 1 unspecified atom stereocenters. The van der Waals surface area contributed by atoms with Gasteiger partial charge in [-0.3, -0.25) is 0 Å². The average molecular weight is 825 g/mol. The molecule has 1 spiro atoms. The van der Waals surface area contributed by atoms with E-state index in [1.165, 1.54) is 61.8 Å². The second-order valence-electron chi connectivity index (χ2n) is 16.5. The molecule has 2 aliphatic rings. The predicted octanol–water partition coefficient (Wildman–Crippen LogP) is 14.3. The van der Waals surface area contributed by atoms with Gasteiger partial charge in [0, 0.05) is 22.0 Å². The van der Waals surface area contributed by atoms with Crippen LogP contribution in [0.15, 0.2) is 206 Å². The summed E-state index contributed by atoms with van der Waals surface area (Å²) in [7, 11) is 0. The van der Waals surface area contributed by atoms with Crippen molar-refractivity contribution in [2.45, 2.75) is 5.41 Å². The summed E-state index contributed by atoms with van der Waals surface area (Å²) in [5, 5.41) is 2.47. The lowest BCUT2D eigenvalue weighted by molar-refractivity contribution is 0.628. The second-order valence-corrected chi connectivity index (χ2v) is 16.5. The smallest absolute Gasteiger partial charge is 0.167 e. The number of hydrogen-bond acceptors (Lipinski definition) is 3. The molecule has 0 amide bonds. The first kappa shape index (κ1) is 36.3. The Labute approximate surface area is 367 Å². The van der Waals surface area contributed by atoms with Crippen LogP contribution in [0.4, 0.5) is 8.78 Å². The van der Waals surface area contributed by atoms with Crippen LogP contribution in [0.3, 0.4) is 0 Å². The van der Waals surface area contributed by atoms with E-state index in [4.69, 9.17) is 9.97 Å². The fourth-order valence-electron chi connectivity index (χ4n) is 10.5. The third-order valence-corrected chi connectivity index (χ3v) is 13.3. The molecule has 0 saturated heterocycles. The standard InChI is InChI=1S/C58H34F2N4/c59-51-21-9-3-17-45(51)56-61-55(62-57(63-56)46-18-4-10-22-52(46)60)37-28-32-42-40-14-2-8-20-48(40)58(50(42)34-37)47-19-7-1-13-39(47)41-31-27-36(33-49(41)58)35-25-29-38(30-26-35)64-53-23-11-5-15-43(53)44-16-6-12-24-54(44)64/h1-34H. The van der Waals surface area contributed by atoms with Crippen molar-refractivity contribution in [3.8, 4) is 73.2 Å². The minimum Gasteiger partial charge on any atom is -0.309 e. The Balaban J connectivity index is 1.000. The average Bonchev–Trinajstić information content (AvgIpc) is 3.96. The summed E-state index contributed by atoms with van der Waals surface area (Å²) in [6.07, 6.45) is 0. The molecule has 0 aliphatic heterocycles. The molecule has 0 radical (unpaired) electrons. The zero-order valence-electron chi connectivity index (χ0n) is 34.2. The minimum atomic E-state index is -0.678. The number of fused-ring (bicyclic) bond motifs is 13. The Morgan fingerprint density at radius 2 is 0.734 bits per heavy atom. The van der Waals surface area contributed by atoms with E-state index < -0.39 is 17.0 Å². The van der Waals surface area contributed by atoms with Crippen molar-refractivity contribution in [2.75, 3.05) is 0 Å². The Bertz CT molecular complexity index is 3590. The predicted molar refractivity (Wildman–Crippen MR) is 252 cm³/mol. The lowest BCUT2D eigenvalue weighted by atomic mass is 9.70. The van der Waals surface area contributed by atoms with Crippen LogP contribution in [0.1, 0.15) is 22.3 Å². The van der Waals surface area contributed by atoms with Gasteiger partial charge in [-0.05, 0) is 116 Å². The van der Waals surface area contributed by atoms with Crippen molar-refractivity contribution in [3.05, 3.63) is 240 Å². The quantitative estimate of drug-likeness (QED) is 0.174. The number of benzene rings is 9. The molecule has 2 aromatic heterocycles. The van der Waals surface area contributed by atoms with Crippen LogP contribution in [-0.4, -0.2) is 19.5 Å². The van der Waals surface area contributed by atoms with Crippen molar-refractivity contribution in [1.29, 1.82) is 0 Å². The highest BCUT2D eigenvalue weighted by molar-refractivity contribution is 6.09. The van der Waals surface area contributed by atoms with E-state index in [-0.39, 0.29) is 22.8 Å². The summed E-state index contributed by atoms with van der Waals surface area (Å²) in [6.45, 7) is 0. The maximum absolute atomic E-state index is 15.4. The van der Waals surface area contributed by atoms with Gasteiger partial charge in [-0.2, -0.15) is 0 Å². The van der Waals surface area contributed by atoms with Gasteiger partial charge < -0.3 is 4.57 Å². The summed E-state index contributed by atoms with van der Waals surface area (Å²) in [5.74, 6) is -0.364. The lowest BCUT2D eigenvalue weighted by Gasteiger charge is -2.31. The number of nitrogens with zero attached hydrogens (tertiary/aromatic N) is 4. The van der Waals surface area contributed by atoms with Crippen LogP contribution < -0.4 is 0 Å². The fourth-order valence-corrected chi connectivity index (χ4v) is 10.5. The Kier molecular flexibility index (Phi) is 7.85. The molecule has 13 rings (SSSR count). The zero-order valence-corrected chi connectivity index (χ0v) is 34.2. The largest absolute Gasteiger partial charge is 0.309 e. The van der Waals surface area contributed by atoms with Crippen molar-refractivity contribution in [1.82, 2.24) is 19.5 Å². The van der Waals surface area contributed by atoms with E-state index in [0.29, 0.717) is 11.4 Å². The first-order valence-electron chi connectivity index (χ1n) is 21.4. The lowest BCUT2D eigenvalue weighted by Crippen LogP contribution is -2.26. The molecule has 2 aliphatic carbocycles. The molecular weight excluding hydrogens is 791 g/mol. The van der Waals surface area contributed by atoms with E-state index >= 15 is 8.78 Å². The molecule has 4 nitrogen and oxygen atoms in total. The Hall–Kier alpha value is -8.35. The van der Waals surface area contributed by atoms with E-state index in [9.17, 15) is 0 Å². The van der Waals surface area contributed by atoms with Crippen molar-refractivity contribution >= 4 is 21.8 Å². The molecule has 1 atom stereocenters. The summed E-state index contributed by atoms with van der Waals surface area (Å²) in [4.78, 5) is 14.4. The normalized spacial score (nSPS) is 14.5. The van der Waals surface area contributed by atoms with Crippen molar-refractivity contribution < 1.29 is 8.78 Å². The molecule has 2 heterocycles. The maximum atomic E-state index is 15.4. The summed E-state index contributed by atoms with van der Waals surface area (Å²) >= 11 is 0. The minimum absolute atomic E-state index is 0.130. The number of para-hydroxylation sites is 2. The molecule has 64 heavy (non-hydrogen) atoms. The Morgan fingerprint density at radius 3 is 1.28 bits per heavy atom. The second kappa shape index (κ2) is 13.8. The number of aromatic nitrogens is 4. The first-order chi connectivity index (χ1) is 31.6. The molecule has 300 valence electrons. The van der Waals surface area contributed by atoms with Gasteiger partial charge in [0.1, 0.15) is 11.6 Å². The van der Waals surface area contributed by atoms with Crippen LogP contribution >= 0.6 is 0 Å². The zero-order chi connectivity index (χ0) is 42.5. The van der Waals surface area contributed by atoms with E-state index in [1.54, 1.807) is 36.4 Å². The molecule has 0 N–H and O–H groups in total. The van der Waals surface area contributed by atoms with Crippen molar-refractivity contribution in [2.24, 2.45) is 0 Å². The third-order valence-electron chi connectivity index (χ3n) is 13.3. The monoisotopic (exact) mass is 824 g/mol. The van der Waals surface area contributed by atoms with Crippen LogP contribution in [-0.2, 0) is 5.41 Å². The van der Waals surface area contributed by atoms with Crippen LogP contribution in [0, 0.1) is 11.6 Å². The summed E-state index contributed by atoms with van der Waals surface area (Å²) in [6, 6.07) is 69.4. The fraction of sp³-hybridized carbons (Fsp3) is 0.0172. The van der Waals surface area contributed by atoms with Gasteiger partial charge >= 0.3 is 0 Å². The molecular formula is C58H34F2N4. The van der Waals surface area contributed by atoms with Gasteiger partial charge in [0.15, 0.2) is 17.5 Å². The Morgan fingerprint density at radius 1 is 0.328 bits per heavy atom. The van der Waals surface area contributed by atoms with Gasteiger partial charge in [-0.15, -0.1) is 0 Å². The SMILES string of the molecule is Fc1ccccc1-c1nc(-c2ccc3c(c2)C2(c4ccccc4-c4ccc(-c5ccc(-n6c7ccccc7c7ccccc76)cc5)cc42)c2ccccc2-3)nc(-c2ccccc2F)n1. The molecule has 0 saturated carbocycles. The van der Waals surface area contributed by atoms with Gasteiger partial charge in [0.25, 0.3) is 0 Å².